The summed E-state index contributed by atoms with van der Waals surface area (Å²) >= 11 is 0. The molecule has 1 unspecified atom stereocenters. The fourth-order valence-electron chi connectivity index (χ4n) is 2.66. The molecule has 1 fully saturated rings. The molecule has 168 valence electrons. The van der Waals surface area contributed by atoms with Crippen molar-refractivity contribution in [3.63, 3.8) is 0 Å². The van der Waals surface area contributed by atoms with Crippen LogP contribution in [0.15, 0.2) is 0 Å². The molecular formula is C15H24O14. The number of aliphatic carboxylic acids is 1. The molecule has 1 aliphatic heterocycles. The number of carboxylic acids is 1. The summed E-state index contributed by atoms with van der Waals surface area (Å²) in [6.07, 6.45) is -21.7. The van der Waals surface area contributed by atoms with Gasteiger partial charge < -0.3 is 55.4 Å². The van der Waals surface area contributed by atoms with Crippen LogP contribution in [0.3, 0.4) is 0 Å². The Bertz CT molecular complexity index is 569. The monoisotopic (exact) mass is 428 g/mol. The first-order chi connectivity index (χ1) is 13.5. The van der Waals surface area contributed by atoms with Crippen LogP contribution in [0.5, 0.6) is 0 Å². The van der Waals surface area contributed by atoms with Crippen molar-refractivity contribution in [1.29, 1.82) is 0 Å². The number of carboxylic acid groups (broad SMARTS) is 1. The Morgan fingerprint density at radius 3 is 2.10 bits per heavy atom. The van der Waals surface area contributed by atoms with E-state index in [1.165, 1.54) is 0 Å². The molecule has 1 rings (SSSR count). The third kappa shape index (κ3) is 6.19. The van der Waals surface area contributed by atoms with E-state index < -0.39 is 86.0 Å². The lowest BCUT2D eigenvalue weighted by Crippen LogP contribution is -2.63. The van der Waals surface area contributed by atoms with Gasteiger partial charge >= 0.3 is 5.97 Å². The second-order valence-electron chi connectivity index (χ2n) is 6.42. The van der Waals surface area contributed by atoms with E-state index >= 15 is 0 Å². The molecule has 0 saturated carbocycles. The number of hydrogen-bond donors (Lipinski definition) is 9. The summed E-state index contributed by atoms with van der Waals surface area (Å²) < 4.78 is 10.1. The first kappa shape index (κ1) is 25.4. The SMILES string of the molecule is O=CC(=O)C[C@@H](O)[C@@H](O[C@H]1O[C@H](C(O)CO)[C@@H](O)[C@H](O)[C@@H]1O)[C@H](O)[C@H](O)C(=O)O. The first-order valence-corrected chi connectivity index (χ1v) is 8.35. The molecule has 0 aromatic heterocycles. The summed E-state index contributed by atoms with van der Waals surface area (Å²) in [4.78, 5) is 32.6. The standard InChI is InChI=1S/C15H24O14/c16-2-4(18)1-5(19)12(9(23)10(24)14(26)27)28-15-11(25)7(21)8(22)13(29-15)6(20)3-17/h2,5-13,15,17,19-25H,1,3H2,(H,26,27)/t5-,6?,7+,8+,9-,10+,11+,12-,13-,15+/m1/s1. The Kier molecular flexibility index (Phi) is 9.63. The highest BCUT2D eigenvalue weighted by Crippen LogP contribution is 2.27. The second-order valence-corrected chi connectivity index (χ2v) is 6.42. The van der Waals surface area contributed by atoms with Crippen LogP contribution in [0.25, 0.3) is 0 Å². The predicted octanol–water partition coefficient (Wildman–Crippen LogP) is -6.14. The van der Waals surface area contributed by atoms with E-state index in [-0.39, 0.29) is 6.29 Å². The highest BCUT2D eigenvalue weighted by atomic mass is 16.7. The lowest BCUT2D eigenvalue weighted by atomic mass is 9.95. The van der Waals surface area contributed by atoms with Crippen LogP contribution in [-0.4, -0.2) is 132 Å². The molecule has 0 spiro atoms. The molecular weight excluding hydrogens is 404 g/mol. The second kappa shape index (κ2) is 11.0. The minimum Gasteiger partial charge on any atom is -0.479 e. The Morgan fingerprint density at radius 2 is 1.62 bits per heavy atom. The van der Waals surface area contributed by atoms with Gasteiger partial charge in [-0.2, -0.15) is 0 Å². The fourth-order valence-corrected chi connectivity index (χ4v) is 2.66. The summed E-state index contributed by atoms with van der Waals surface area (Å²) in [5.41, 5.74) is 0. The van der Waals surface area contributed by atoms with E-state index in [0.29, 0.717) is 0 Å². The third-order valence-corrected chi connectivity index (χ3v) is 4.30. The molecule has 0 aromatic carbocycles. The number of carbonyl (C=O) groups is 3. The number of Topliss-reactive ketones (excluding diaryl/α,β-unsaturated/α-hetero) is 1. The molecule has 0 amide bonds. The molecule has 1 heterocycles. The Hall–Kier alpha value is -1.59. The molecule has 1 aliphatic rings. The zero-order valence-electron chi connectivity index (χ0n) is 14.8. The zero-order chi connectivity index (χ0) is 22.5. The van der Waals surface area contributed by atoms with Crippen LogP contribution in [0.4, 0.5) is 0 Å². The van der Waals surface area contributed by atoms with Gasteiger partial charge in [-0.1, -0.05) is 0 Å². The van der Waals surface area contributed by atoms with Crippen molar-refractivity contribution in [2.75, 3.05) is 6.61 Å². The molecule has 14 heteroatoms. The van der Waals surface area contributed by atoms with E-state index in [0.717, 1.165) is 0 Å². The van der Waals surface area contributed by atoms with E-state index in [1.807, 2.05) is 0 Å². The third-order valence-electron chi connectivity index (χ3n) is 4.30. The molecule has 29 heavy (non-hydrogen) atoms. The smallest absolute Gasteiger partial charge is 0.335 e. The summed E-state index contributed by atoms with van der Waals surface area (Å²) in [5, 5.41) is 86.7. The van der Waals surface area contributed by atoms with Gasteiger partial charge in [0.15, 0.2) is 24.5 Å². The molecule has 10 atom stereocenters. The summed E-state index contributed by atoms with van der Waals surface area (Å²) in [6, 6.07) is 0. The summed E-state index contributed by atoms with van der Waals surface area (Å²) in [7, 11) is 0. The number of ether oxygens (including phenoxy) is 2. The van der Waals surface area contributed by atoms with Crippen molar-refractivity contribution in [3.05, 3.63) is 0 Å². The van der Waals surface area contributed by atoms with Gasteiger partial charge in [0.2, 0.25) is 0 Å². The van der Waals surface area contributed by atoms with Crippen LogP contribution in [0.1, 0.15) is 6.42 Å². The van der Waals surface area contributed by atoms with E-state index in [2.05, 4.69) is 0 Å². The first-order valence-electron chi connectivity index (χ1n) is 8.35. The van der Waals surface area contributed by atoms with Gasteiger partial charge in [-0.25, -0.2) is 4.79 Å². The van der Waals surface area contributed by atoms with Crippen LogP contribution >= 0.6 is 0 Å². The molecule has 0 aromatic rings. The predicted molar refractivity (Wildman–Crippen MR) is 86.0 cm³/mol. The van der Waals surface area contributed by atoms with Crippen LogP contribution in [0.2, 0.25) is 0 Å². The van der Waals surface area contributed by atoms with Crippen LogP contribution < -0.4 is 0 Å². The van der Waals surface area contributed by atoms with Crippen molar-refractivity contribution in [1.82, 2.24) is 0 Å². The van der Waals surface area contributed by atoms with E-state index in [4.69, 9.17) is 19.7 Å². The number of hydrogen-bond acceptors (Lipinski definition) is 13. The summed E-state index contributed by atoms with van der Waals surface area (Å²) in [6.45, 7) is -0.933. The minimum absolute atomic E-state index is 0.167. The highest BCUT2D eigenvalue weighted by Gasteiger charge is 2.49. The van der Waals surface area contributed by atoms with E-state index in [9.17, 15) is 50.1 Å². The molecule has 1 saturated heterocycles. The van der Waals surface area contributed by atoms with Gasteiger partial charge in [-0.15, -0.1) is 0 Å². The molecule has 9 N–H and O–H groups in total. The van der Waals surface area contributed by atoms with Crippen LogP contribution in [0, 0.1) is 0 Å². The number of aliphatic hydroxyl groups is 8. The van der Waals surface area contributed by atoms with Crippen molar-refractivity contribution in [3.8, 4) is 0 Å². The van der Waals surface area contributed by atoms with Crippen molar-refractivity contribution < 1.29 is 69.8 Å². The Labute approximate surface area is 163 Å². The van der Waals surface area contributed by atoms with Gasteiger partial charge in [-0.3, -0.25) is 9.59 Å². The van der Waals surface area contributed by atoms with Gasteiger partial charge in [0.25, 0.3) is 0 Å². The normalized spacial score (nSPS) is 32.6. The van der Waals surface area contributed by atoms with Crippen molar-refractivity contribution >= 4 is 18.0 Å². The Morgan fingerprint density at radius 1 is 1.03 bits per heavy atom. The van der Waals surface area contributed by atoms with E-state index in [1.54, 1.807) is 0 Å². The average molecular weight is 428 g/mol. The maximum Gasteiger partial charge on any atom is 0.335 e. The molecule has 0 bridgehead atoms. The van der Waals surface area contributed by atoms with Gasteiger partial charge in [0, 0.05) is 6.42 Å². The maximum absolute atomic E-state index is 11.2. The minimum atomic E-state index is -2.53. The fraction of sp³-hybridized carbons (Fsp3) is 0.800. The van der Waals surface area contributed by atoms with Gasteiger partial charge in [0.1, 0.15) is 42.7 Å². The maximum atomic E-state index is 11.2. The number of aliphatic hydroxyl groups excluding tert-OH is 8. The van der Waals surface area contributed by atoms with Crippen LogP contribution in [-0.2, 0) is 23.9 Å². The number of aldehydes is 1. The molecule has 14 nitrogen and oxygen atoms in total. The lowest BCUT2D eigenvalue weighted by molar-refractivity contribution is -0.334. The molecule has 0 aliphatic carbocycles. The largest absolute Gasteiger partial charge is 0.479 e. The van der Waals surface area contributed by atoms with Crippen molar-refractivity contribution in [2.45, 2.75) is 67.6 Å². The quantitative estimate of drug-likeness (QED) is 0.110. The highest BCUT2D eigenvalue weighted by molar-refractivity contribution is 6.25. The number of ketones is 1. The van der Waals surface area contributed by atoms with Gasteiger partial charge in [-0.05, 0) is 0 Å². The van der Waals surface area contributed by atoms with Crippen molar-refractivity contribution in [2.24, 2.45) is 0 Å². The molecule has 0 radical (unpaired) electrons. The number of rotatable bonds is 11. The van der Waals surface area contributed by atoms with Gasteiger partial charge in [0.05, 0.1) is 12.7 Å². The zero-order valence-corrected chi connectivity index (χ0v) is 14.8. The number of carbonyl (C=O) groups excluding carboxylic acids is 2. The average Bonchev–Trinajstić information content (AvgIpc) is 2.69. The topological polar surface area (TPSA) is 252 Å². The summed E-state index contributed by atoms with van der Waals surface area (Å²) in [5.74, 6) is -3.11. The Balaban J connectivity index is 3.12. The lowest BCUT2D eigenvalue weighted by Gasteiger charge is -2.43.